The van der Waals surface area contributed by atoms with Gasteiger partial charge < -0.3 is 15.2 Å². The van der Waals surface area contributed by atoms with Gasteiger partial charge in [0.2, 0.25) is 0 Å². The van der Waals surface area contributed by atoms with Crippen molar-refractivity contribution in [3.05, 3.63) is 23.8 Å². The maximum atomic E-state index is 12.6. The molecule has 1 aliphatic rings. The number of benzene rings is 1. The first-order chi connectivity index (χ1) is 10.2. The molecule has 2 N–H and O–H groups in total. The van der Waals surface area contributed by atoms with E-state index in [4.69, 9.17) is 15.2 Å². The fraction of sp³-hybridized carbons (Fsp3) is 0.588. The van der Waals surface area contributed by atoms with Gasteiger partial charge in [-0.25, -0.2) is 0 Å². The Balaban J connectivity index is 2.18. The highest BCUT2D eigenvalue weighted by Gasteiger charge is 2.26. The lowest BCUT2D eigenvalue weighted by atomic mass is 9.81. The molecule has 0 heterocycles. The third-order valence-electron chi connectivity index (χ3n) is 3.91. The Morgan fingerprint density at radius 3 is 2.57 bits per heavy atom. The van der Waals surface area contributed by atoms with E-state index < -0.39 is 0 Å². The van der Waals surface area contributed by atoms with Gasteiger partial charge in [-0.2, -0.15) is 0 Å². The molecule has 1 aliphatic carbocycles. The lowest BCUT2D eigenvalue weighted by Gasteiger charge is -2.25. The van der Waals surface area contributed by atoms with Crippen molar-refractivity contribution in [1.82, 2.24) is 0 Å². The third kappa shape index (κ3) is 3.97. The molecule has 1 aromatic rings. The van der Waals surface area contributed by atoms with Crippen LogP contribution in [-0.2, 0) is 0 Å². The van der Waals surface area contributed by atoms with Crippen LogP contribution in [0.15, 0.2) is 18.2 Å². The summed E-state index contributed by atoms with van der Waals surface area (Å²) in [4.78, 5) is 12.6. The lowest BCUT2D eigenvalue weighted by molar-refractivity contribution is 0.0881. The van der Waals surface area contributed by atoms with E-state index in [1.54, 1.807) is 6.07 Å². The number of carbonyl (C=O) groups excluding carboxylic acids is 1. The second-order valence-electron chi connectivity index (χ2n) is 5.52. The summed E-state index contributed by atoms with van der Waals surface area (Å²) in [7, 11) is 0. The molecule has 4 nitrogen and oxygen atoms in total. The van der Waals surface area contributed by atoms with E-state index in [0.717, 1.165) is 25.7 Å². The second kappa shape index (κ2) is 7.46. The van der Waals surface area contributed by atoms with Gasteiger partial charge in [-0.3, -0.25) is 4.79 Å². The van der Waals surface area contributed by atoms with Crippen LogP contribution in [0.2, 0.25) is 0 Å². The number of hydrogen-bond acceptors (Lipinski definition) is 4. The van der Waals surface area contributed by atoms with Gasteiger partial charge in [0.05, 0.1) is 13.2 Å². The Labute approximate surface area is 126 Å². The molecular formula is C17H25NO3. The van der Waals surface area contributed by atoms with Crippen molar-refractivity contribution in [1.29, 1.82) is 0 Å². The van der Waals surface area contributed by atoms with Crippen LogP contribution in [0.25, 0.3) is 0 Å². The summed E-state index contributed by atoms with van der Waals surface area (Å²) in [6.07, 6.45) is 3.78. The molecule has 2 rings (SSSR count). The number of ketones is 1. The van der Waals surface area contributed by atoms with Crippen molar-refractivity contribution < 1.29 is 14.3 Å². The molecule has 0 radical (unpaired) electrons. The molecule has 1 aromatic carbocycles. The van der Waals surface area contributed by atoms with Gasteiger partial charge in [-0.1, -0.05) is 6.42 Å². The predicted octanol–water partition coefficient (Wildman–Crippen LogP) is 3.18. The Morgan fingerprint density at radius 1 is 1.19 bits per heavy atom. The number of carbonyl (C=O) groups is 1. The van der Waals surface area contributed by atoms with Gasteiger partial charge in [0.25, 0.3) is 0 Å². The zero-order valence-electron chi connectivity index (χ0n) is 12.9. The topological polar surface area (TPSA) is 61.5 Å². The zero-order chi connectivity index (χ0) is 15.2. The number of hydrogen-bond donors (Lipinski definition) is 1. The van der Waals surface area contributed by atoms with Gasteiger partial charge >= 0.3 is 0 Å². The van der Waals surface area contributed by atoms with Crippen molar-refractivity contribution in [3.63, 3.8) is 0 Å². The smallest absolute Gasteiger partial charge is 0.166 e. The maximum absolute atomic E-state index is 12.6. The van der Waals surface area contributed by atoms with E-state index in [0.29, 0.717) is 30.3 Å². The van der Waals surface area contributed by atoms with E-state index >= 15 is 0 Å². The maximum Gasteiger partial charge on any atom is 0.166 e. The van der Waals surface area contributed by atoms with Crippen LogP contribution in [0.3, 0.4) is 0 Å². The van der Waals surface area contributed by atoms with Crippen LogP contribution in [0, 0.1) is 5.92 Å². The molecule has 0 amide bonds. The molecule has 1 saturated carbocycles. The van der Waals surface area contributed by atoms with Crippen LogP contribution in [0.1, 0.15) is 49.9 Å². The Kier molecular flexibility index (Phi) is 5.62. The van der Waals surface area contributed by atoms with Crippen LogP contribution in [0.5, 0.6) is 11.5 Å². The minimum atomic E-state index is 0.0428. The van der Waals surface area contributed by atoms with Crippen molar-refractivity contribution in [2.24, 2.45) is 11.7 Å². The van der Waals surface area contributed by atoms with Crippen molar-refractivity contribution >= 4 is 5.78 Å². The number of rotatable bonds is 6. The van der Waals surface area contributed by atoms with Gasteiger partial charge in [0.1, 0.15) is 0 Å². The highest BCUT2D eigenvalue weighted by molar-refractivity contribution is 5.98. The minimum Gasteiger partial charge on any atom is -0.490 e. The van der Waals surface area contributed by atoms with Gasteiger partial charge in [-0.15, -0.1) is 0 Å². The first-order valence-electron chi connectivity index (χ1n) is 7.85. The molecule has 0 aliphatic heterocycles. The van der Waals surface area contributed by atoms with E-state index in [1.165, 1.54) is 0 Å². The van der Waals surface area contributed by atoms with Gasteiger partial charge in [0.15, 0.2) is 17.3 Å². The summed E-state index contributed by atoms with van der Waals surface area (Å²) in [5.41, 5.74) is 6.68. The van der Waals surface area contributed by atoms with Crippen molar-refractivity contribution in [3.8, 4) is 11.5 Å². The molecule has 4 heteroatoms. The number of nitrogens with two attached hydrogens (primary N) is 1. The Bertz CT molecular complexity index is 487. The molecule has 1 fully saturated rings. The largest absolute Gasteiger partial charge is 0.490 e. The molecule has 0 aromatic heterocycles. The van der Waals surface area contributed by atoms with Gasteiger partial charge in [-0.05, 0) is 51.3 Å². The van der Waals surface area contributed by atoms with E-state index in [9.17, 15) is 4.79 Å². The molecule has 0 spiro atoms. The normalized spacial score (nSPS) is 21.9. The first-order valence-corrected chi connectivity index (χ1v) is 7.85. The lowest BCUT2D eigenvalue weighted by Crippen LogP contribution is -2.31. The average Bonchev–Trinajstić information content (AvgIpc) is 2.49. The molecule has 2 unspecified atom stereocenters. The summed E-state index contributed by atoms with van der Waals surface area (Å²) in [6, 6.07) is 5.61. The molecule has 0 saturated heterocycles. The van der Waals surface area contributed by atoms with E-state index in [1.807, 2.05) is 26.0 Å². The summed E-state index contributed by atoms with van der Waals surface area (Å²) >= 11 is 0. The Morgan fingerprint density at radius 2 is 1.90 bits per heavy atom. The molecule has 116 valence electrons. The first kappa shape index (κ1) is 15.8. The van der Waals surface area contributed by atoms with Crippen LogP contribution in [0.4, 0.5) is 0 Å². The summed E-state index contributed by atoms with van der Waals surface area (Å²) in [6.45, 7) is 4.97. The Hall–Kier alpha value is -1.55. The molecule has 0 bridgehead atoms. The summed E-state index contributed by atoms with van der Waals surface area (Å²) in [5, 5.41) is 0. The van der Waals surface area contributed by atoms with Crippen LogP contribution >= 0.6 is 0 Å². The second-order valence-corrected chi connectivity index (χ2v) is 5.52. The molecular weight excluding hydrogens is 266 g/mol. The predicted molar refractivity (Wildman–Crippen MR) is 83.0 cm³/mol. The number of Topliss-reactive ketones (excluding diaryl/α,β-unsaturated/α-hetero) is 1. The molecule has 2 atom stereocenters. The highest BCUT2D eigenvalue weighted by atomic mass is 16.5. The van der Waals surface area contributed by atoms with Gasteiger partial charge in [0, 0.05) is 17.5 Å². The fourth-order valence-corrected chi connectivity index (χ4v) is 2.91. The third-order valence-corrected chi connectivity index (χ3v) is 3.91. The van der Waals surface area contributed by atoms with Crippen LogP contribution < -0.4 is 15.2 Å². The average molecular weight is 291 g/mol. The quantitative estimate of drug-likeness (QED) is 0.818. The summed E-state index contributed by atoms with van der Waals surface area (Å²) in [5.74, 6) is 1.55. The monoisotopic (exact) mass is 291 g/mol. The van der Waals surface area contributed by atoms with Crippen LogP contribution in [-0.4, -0.2) is 25.0 Å². The molecule has 21 heavy (non-hydrogen) atoms. The number of ether oxygens (including phenoxy) is 2. The van der Waals surface area contributed by atoms with Crippen molar-refractivity contribution in [2.75, 3.05) is 13.2 Å². The minimum absolute atomic E-state index is 0.0428. The van der Waals surface area contributed by atoms with Crippen molar-refractivity contribution in [2.45, 2.75) is 45.6 Å². The SMILES string of the molecule is CCOc1ccc(C(=O)C2CCCC(N)C2)cc1OCC. The van der Waals surface area contributed by atoms with E-state index in [2.05, 4.69) is 0 Å². The fourth-order valence-electron chi connectivity index (χ4n) is 2.91. The van der Waals surface area contributed by atoms with E-state index in [-0.39, 0.29) is 17.7 Å². The summed E-state index contributed by atoms with van der Waals surface area (Å²) < 4.78 is 11.1. The standard InChI is InChI=1S/C17H25NO3/c1-3-20-15-9-8-13(11-16(15)21-4-2)17(19)12-6-5-7-14(18)10-12/h8-9,11-12,14H,3-7,10,18H2,1-2H3. The zero-order valence-corrected chi connectivity index (χ0v) is 12.9. The highest BCUT2D eigenvalue weighted by Crippen LogP contribution is 2.32.